The lowest BCUT2D eigenvalue weighted by atomic mass is 10.1. The van der Waals surface area contributed by atoms with E-state index in [1.807, 2.05) is 6.92 Å². The average Bonchev–Trinajstić information content (AvgIpc) is 2.44. The Labute approximate surface area is 116 Å². The minimum absolute atomic E-state index is 0.0630. The van der Waals surface area contributed by atoms with E-state index in [4.69, 9.17) is 10.6 Å². The highest BCUT2D eigenvalue weighted by molar-refractivity contribution is 5.96. The number of nitrogens with one attached hydrogen (secondary N) is 2. The summed E-state index contributed by atoms with van der Waals surface area (Å²) < 4.78 is 4.93. The van der Waals surface area contributed by atoms with Gasteiger partial charge in [0.2, 0.25) is 0 Å². The molecule has 0 bridgehead atoms. The molecule has 1 amide bonds. The molecule has 1 aromatic carbocycles. The largest absolute Gasteiger partial charge is 0.385 e. The molecule has 4 N–H and O–H groups in total. The highest BCUT2D eigenvalue weighted by Gasteiger charge is 2.17. The fourth-order valence-electron chi connectivity index (χ4n) is 1.63. The number of hydrogen-bond donors (Lipinski definition) is 3. The quantitative estimate of drug-likeness (QED) is 0.390. The molecule has 0 saturated heterocycles. The number of hydrazine groups is 1. The molecule has 0 aromatic heterocycles. The normalized spacial score (nSPS) is 11.8. The summed E-state index contributed by atoms with van der Waals surface area (Å²) in [6, 6.07) is 3.91. The second-order valence-corrected chi connectivity index (χ2v) is 4.29. The van der Waals surface area contributed by atoms with Crippen molar-refractivity contribution in [2.45, 2.75) is 19.4 Å². The van der Waals surface area contributed by atoms with Crippen molar-refractivity contribution in [1.82, 2.24) is 5.32 Å². The molecule has 0 aliphatic heterocycles. The van der Waals surface area contributed by atoms with Gasteiger partial charge >= 0.3 is 0 Å². The van der Waals surface area contributed by atoms with Crippen LogP contribution >= 0.6 is 0 Å². The summed E-state index contributed by atoms with van der Waals surface area (Å²) in [5.74, 6) is 4.90. The number of rotatable bonds is 7. The highest BCUT2D eigenvalue weighted by Crippen LogP contribution is 2.24. The zero-order chi connectivity index (χ0) is 15.1. The van der Waals surface area contributed by atoms with Crippen molar-refractivity contribution in [3.63, 3.8) is 0 Å². The first-order chi connectivity index (χ1) is 9.49. The number of methoxy groups -OCH3 is 1. The molecule has 110 valence electrons. The van der Waals surface area contributed by atoms with Gasteiger partial charge in [0.25, 0.3) is 11.6 Å². The molecule has 8 heteroatoms. The number of anilines is 1. The predicted molar refractivity (Wildman–Crippen MR) is 74.3 cm³/mol. The first kappa shape index (κ1) is 15.9. The van der Waals surface area contributed by atoms with E-state index in [0.717, 1.165) is 0 Å². The van der Waals surface area contributed by atoms with Crippen LogP contribution in [0, 0.1) is 10.1 Å². The van der Waals surface area contributed by atoms with Gasteiger partial charge in [-0.15, -0.1) is 0 Å². The number of ether oxygens (including phenoxy) is 1. The van der Waals surface area contributed by atoms with E-state index in [2.05, 4.69) is 10.7 Å². The van der Waals surface area contributed by atoms with Crippen molar-refractivity contribution in [1.29, 1.82) is 0 Å². The van der Waals surface area contributed by atoms with E-state index in [9.17, 15) is 14.9 Å². The van der Waals surface area contributed by atoms with Gasteiger partial charge in [-0.05, 0) is 25.5 Å². The van der Waals surface area contributed by atoms with E-state index in [1.54, 1.807) is 7.11 Å². The molecule has 0 heterocycles. The summed E-state index contributed by atoms with van der Waals surface area (Å²) in [6.07, 6.45) is 0.678. The Kier molecular flexibility index (Phi) is 5.88. The van der Waals surface area contributed by atoms with Crippen LogP contribution < -0.4 is 16.6 Å². The maximum Gasteiger partial charge on any atom is 0.293 e. The lowest BCUT2D eigenvalue weighted by Gasteiger charge is -2.13. The second-order valence-electron chi connectivity index (χ2n) is 4.29. The number of carbonyl (C=O) groups excluding carboxylic acids is 1. The van der Waals surface area contributed by atoms with Crippen LogP contribution in [0.2, 0.25) is 0 Å². The molecule has 1 rings (SSSR count). The van der Waals surface area contributed by atoms with Crippen LogP contribution in [-0.2, 0) is 4.74 Å². The first-order valence-electron chi connectivity index (χ1n) is 6.04. The molecule has 0 aliphatic rings. The van der Waals surface area contributed by atoms with E-state index in [0.29, 0.717) is 18.6 Å². The third-order valence-electron chi connectivity index (χ3n) is 2.74. The molecular weight excluding hydrogens is 264 g/mol. The summed E-state index contributed by atoms with van der Waals surface area (Å²) in [5, 5.41) is 13.5. The fourth-order valence-corrected chi connectivity index (χ4v) is 1.63. The molecule has 20 heavy (non-hydrogen) atoms. The van der Waals surface area contributed by atoms with Crippen molar-refractivity contribution in [3.05, 3.63) is 33.9 Å². The number of amides is 1. The average molecular weight is 282 g/mol. The van der Waals surface area contributed by atoms with Gasteiger partial charge in [0, 0.05) is 31.4 Å². The minimum Gasteiger partial charge on any atom is -0.385 e. The molecule has 0 fully saturated rings. The predicted octanol–water partition coefficient (Wildman–Crippen LogP) is 1.04. The molecule has 0 spiro atoms. The zero-order valence-corrected chi connectivity index (χ0v) is 11.4. The Balaban J connectivity index is 2.81. The minimum atomic E-state index is -0.571. The number of carbonyl (C=O) groups is 1. The molecule has 8 nitrogen and oxygen atoms in total. The van der Waals surface area contributed by atoms with Crippen LogP contribution in [0.25, 0.3) is 0 Å². The van der Waals surface area contributed by atoms with Gasteiger partial charge in [-0.2, -0.15) is 0 Å². The van der Waals surface area contributed by atoms with E-state index in [-0.39, 0.29) is 23.3 Å². The summed E-state index contributed by atoms with van der Waals surface area (Å²) in [6.45, 7) is 2.39. The Morgan fingerprint density at radius 2 is 2.25 bits per heavy atom. The molecule has 1 unspecified atom stereocenters. The third kappa shape index (κ3) is 4.18. The summed E-state index contributed by atoms with van der Waals surface area (Å²) >= 11 is 0. The fraction of sp³-hybridized carbons (Fsp3) is 0.417. The topological polar surface area (TPSA) is 120 Å². The Hall–Kier alpha value is -2.19. The van der Waals surface area contributed by atoms with Gasteiger partial charge in [-0.25, -0.2) is 0 Å². The Morgan fingerprint density at radius 3 is 2.80 bits per heavy atom. The van der Waals surface area contributed by atoms with Gasteiger partial charge in [0.05, 0.1) is 4.92 Å². The maximum atomic E-state index is 12.0. The van der Waals surface area contributed by atoms with Crippen molar-refractivity contribution in [2.24, 2.45) is 5.84 Å². The summed E-state index contributed by atoms with van der Waals surface area (Å²) in [7, 11) is 1.59. The van der Waals surface area contributed by atoms with Crippen molar-refractivity contribution in [2.75, 3.05) is 19.1 Å². The van der Waals surface area contributed by atoms with E-state index < -0.39 is 4.92 Å². The van der Waals surface area contributed by atoms with E-state index in [1.165, 1.54) is 18.2 Å². The number of nitro benzene ring substituents is 1. The van der Waals surface area contributed by atoms with Crippen LogP contribution in [0.5, 0.6) is 0 Å². The number of nitrogen functional groups attached to an aromatic ring is 1. The zero-order valence-electron chi connectivity index (χ0n) is 11.4. The molecule has 1 atom stereocenters. The van der Waals surface area contributed by atoms with Crippen molar-refractivity contribution >= 4 is 17.3 Å². The van der Waals surface area contributed by atoms with Crippen molar-refractivity contribution < 1.29 is 14.5 Å². The number of nitrogens with zero attached hydrogens (tertiary/aromatic N) is 1. The van der Waals surface area contributed by atoms with Crippen LogP contribution in [0.4, 0.5) is 11.4 Å². The molecule has 1 aromatic rings. The number of nitrogens with two attached hydrogens (primary N) is 1. The molecular formula is C12H18N4O4. The number of benzene rings is 1. The van der Waals surface area contributed by atoms with Crippen LogP contribution in [-0.4, -0.2) is 30.6 Å². The molecule has 0 saturated carbocycles. The Morgan fingerprint density at radius 1 is 1.55 bits per heavy atom. The molecule has 0 radical (unpaired) electrons. The Bertz CT molecular complexity index is 492. The monoisotopic (exact) mass is 282 g/mol. The SMILES string of the molecule is COCCC(C)NC(=O)c1ccc([N+](=O)[O-])c(NN)c1. The molecule has 0 aliphatic carbocycles. The van der Waals surface area contributed by atoms with Crippen LogP contribution in [0.15, 0.2) is 18.2 Å². The lowest BCUT2D eigenvalue weighted by molar-refractivity contribution is -0.384. The summed E-state index contributed by atoms with van der Waals surface area (Å²) in [5.41, 5.74) is 2.42. The van der Waals surface area contributed by atoms with Crippen LogP contribution in [0.3, 0.4) is 0 Å². The van der Waals surface area contributed by atoms with Crippen LogP contribution in [0.1, 0.15) is 23.7 Å². The van der Waals surface area contributed by atoms with Gasteiger partial charge in [-0.3, -0.25) is 20.8 Å². The lowest BCUT2D eigenvalue weighted by Crippen LogP contribution is -2.33. The second kappa shape index (κ2) is 7.41. The van der Waals surface area contributed by atoms with Gasteiger partial charge in [0.15, 0.2) is 0 Å². The summed E-state index contributed by atoms with van der Waals surface area (Å²) in [4.78, 5) is 22.2. The maximum absolute atomic E-state index is 12.0. The van der Waals surface area contributed by atoms with Gasteiger partial charge in [-0.1, -0.05) is 0 Å². The van der Waals surface area contributed by atoms with Gasteiger partial charge < -0.3 is 15.5 Å². The number of nitro groups is 1. The third-order valence-corrected chi connectivity index (χ3v) is 2.74. The van der Waals surface area contributed by atoms with Gasteiger partial charge in [0.1, 0.15) is 5.69 Å². The number of hydrogen-bond acceptors (Lipinski definition) is 6. The smallest absolute Gasteiger partial charge is 0.293 e. The van der Waals surface area contributed by atoms with Crippen molar-refractivity contribution in [3.8, 4) is 0 Å². The first-order valence-corrected chi connectivity index (χ1v) is 6.04. The van der Waals surface area contributed by atoms with E-state index >= 15 is 0 Å². The highest BCUT2D eigenvalue weighted by atomic mass is 16.6. The standard InChI is InChI=1S/C12H18N4O4/c1-8(5-6-20-2)14-12(17)9-3-4-11(16(18)19)10(7-9)15-13/h3-4,7-8,15H,5-6,13H2,1-2H3,(H,14,17).